The molecule has 0 fully saturated rings. The van der Waals surface area contributed by atoms with Crippen LogP contribution < -0.4 is 5.32 Å². The molecule has 2 aromatic rings. The molecule has 0 saturated heterocycles. The van der Waals surface area contributed by atoms with Crippen molar-refractivity contribution in [3.8, 4) is 0 Å². The number of aliphatic hydroxyl groups is 1. The molecule has 1 unspecified atom stereocenters. The van der Waals surface area contributed by atoms with E-state index in [1.807, 2.05) is 11.0 Å². The van der Waals surface area contributed by atoms with Crippen LogP contribution >= 0.6 is 0 Å². The number of nitrogens with one attached hydrogen (secondary N) is 1. The van der Waals surface area contributed by atoms with Crippen LogP contribution in [0.5, 0.6) is 0 Å². The first kappa shape index (κ1) is 19.3. The van der Waals surface area contributed by atoms with Crippen molar-refractivity contribution >= 4 is 11.6 Å². The molecule has 5 rings (SSSR count). The summed E-state index contributed by atoms with van der Waals surface area (Å²) in [6, 6.07) is 16.9. The lowest BCUT2D eigenvalue weighted by atomic mass is 9.99. The first-order chi connectivity index (χ1) is 14.7. The number of nitrogens with zero attached hydrogens (tertiary/aromatic N) is 2. The molecule has 1 atom stereocenters. The normalized spacial score (nSPS) is 19.2. The van der Waals surface area contributed by atoms with Crippen LogP contribution in [0.25, 0.3) is 5.57 Å². The Bertz CT molecular complexity index is 984. The summed E-state index contributed by atoms with van der Waals surface area (Å²) in [6.07, 6.45) is 2.40. The second-order valence-corrected chi connectivity index (χ2v) is 8.68. The highest BCUT2D eigenvalue weighted by atomic mass is 16.3. The van der Waals surface area contributed by atoms with Gasteiger partial charge in [-0.2, -0.15) is 0 Å². The van der Waals surface area contributed by atoms with E-state index in [0.717, 1.165) is 38.9 Å². The molecular formula is C25H29N3O2. The number of hydrogen-bond donors (Lipinski definition) is 2. The van der Waals surface area contributed by atoms with Gasteiger partial charge in [0.15, 0.2) is 0 Å². The molecule has 3 aliphatic rings. The second-order valence-electron chi connectivity index (χ2n) is 8.68. The van der Waals surface area contributed by atoms with Crippen LogP contribution in [0.2, 0.25) is 0 Å². The molecule has 2 aliphatic heterocycles. The zero-order valence-electron chi connectivity index (χ0n) is 17.3. The van der Waals surface area contributed by atoms with Gasteiger partial charge < -0.3 is 15.3 Å². The molecule has 5 nitrogen and oxygen atoms in total. The Morgan fingerprint density at radius 3 is 2.60 bits per heavy atom. The lowest BCUT2D eigenvalue weighted by Crippen LogP contribution is -2.47. The summed E-state index contributed by atoms with van der Waals surface area (Å²) < 4.78 is 0. The van der Waals surface area contributed by atoms with Gasteiger partial charge in [-0.1, -0.05) is 48.5 Å². The minimum Gasteiger partial charge on any atom is -0.390 e. The number of rotatable bonds is 4. The maximum atomic E-state index is 12.6. The molecule has 1 aliphatic carbocycles. The van der Waals surface area contributed by atoms with E-state index in [4.69, 9.17) is 0 Å². The van der Waals surface area contributed by atoms with E-state index in [2.05, 4.69) is 52.7 Å². The first-order valence-electron chi connectivity index (χ1n) is 11.0. The number of hydrogen-bond acceptors (Lipinski definition) is 3. The molecule has 0 saturated carbocycles. The van der Waals surface area contributed by atoms with Gasteiger partial charge in [-0.25, -0.2) is 4.79 Å². The number of urea groups is 1. The SMILES string of the molecule is O=C(NCC(O)CN1CCC2=C(Cc3ccccc32)C1)N1CCc2ccccc2C1. The molecule has 2 heterocycles. The standard InChI is InChI=1S/C25H29N3O2/c29-22(14-26-25(30)28-12-9-18-5-1-2-7-20(18)16-28)17-27-11-10-24-21(15-27)13-19-6-3-4-8-23(19)24/h1-8,22,29H,9-17H2,(H,26,30). The van der Waals surface area contributed by atoms with Gasteiger partial charge in [0.25, 0.3) is 0 Å². The summed E-state index contributed by atoms with van der Waals surface area (Å²) in [5.74, 6) is 0. The minimum absolute atomic E-state index is 0.0848. The fourth-order valence-corrected chi connectivity index (χ4v) is 5.08. The average Bonchev–Trinajstić information content (AvgIpc) is 3.15. The summed E-state index contributed by atoms with van der Waals surface area (Å²) >= 11 is 0. The van der Waals surface area contributed by atoms with E-state index in [0.29, 0.717) is 19.6 Å². The first-order valence-corrected chi connectivity index (χ1v) is 11.0. The van der Waals surface area contributed by atoms with Crippen molar-refractivity contribution in [1.29, 1.82) is 0 Å². The Morgan fingerprint density at radius 2 is 1.73 bits per heavy atom. The highest BCUT2D eigenvalue weighted by molar-refractivity contribution is 5.77. The quantitative estimate of drug-likeness (QED) is 0.826. The van der Waals surface area contributed by atoms with Crippen molar-refractivity contribution in [3.63, 3.8) is 0 Å². The third-order valence-electron chi connectivity index (χ3n) is 6.64. The summed E-state index contributed by atoms with van der Waals surface area (Å²) in [6.45, 7) is 4.12. The third kappa shape index (κ3) is 3.87. The highest BCUT2D eigenvalue weighted by Crippen LogP contribution is 2.37. The van der Waals surface area contributed by atoms with Crippen LogP contribution in [-0.4, -0.2) is 59.8 Å². The van der Waals surface area contributed by atoms with Gasteiger partial charge in [-0.15, -0.1) is 0 Å². The monoisotopic (exact) mass is 403 g/mol. The van der Waals surface area contributed by atoms with Crippen LogP contribution in [-0.2, 0) is 19.4 Å². The zero-order valence-corrected chi connectivity index (χ0v) is 17.3. The number of benzene rings is 2. The third-order valence-corrected chi connectivity index (χ3v) is 6.64. The molecular weight excluding hydrogens is 374 g/mol. The van der Waals surface area contributed by atoms with Crippen LogP contribution in [0, 0.1) is 0 Å². The van der Waals surface area contributed by atoms with Crippen molar-refractivity contribution in [1.82, 2.24) is 15.1 Å². The van der Waals surface area contributed by atoms with Crippen molar-refractivity contribution in [3.05, 3.63) is 76.4 Å². The van der Waals surface area contributed by atoms with Crippen LogP contribution in [0.15, 0.2) is 54.1 Å². The number of amides is 2. The molecule has 30 heavy (non-hydrogen) atoms. The molecule has 2 N–H and O–H groups in total. The minimum atomic E-state index is -0.558. The maximum Gasteiger partial charge on any atom is 0.317 e. The molecule has 5 heteroatoms. The fraction of sp³-hybridized carbons (Fsp3) is 0.400. The Hall–Kier alpha value is -2.63. The van der Waals surface area contributed by atoms with Crippen molar-refractivity contribution in [2.75, 3.05) is 32.7 Å². The van der Waals surface area contributed by atoms with E-state index in [1.54, 1.807) is 0 Å². The zero-order chi connectivity index (χ0) is 20.5. The maximum absolute atomic E-state index is 12.6. The van der Waals surface area contributed by atoms with E-state index in [-0.39, 0.29) is 6.03 Å². The molecule has 0 radical (unpaired) electrons. The predicted molar refractivity (Wildman–Crippen MR) is 118 cm³/mol. The Labute approximate surface area is 178 Å². The van der Waals surface area contributed by atoms with E-state index < -0.39 is 6.10 Å². The Balaban J connectivity index is 1.10. The van der Waals surface area contributed by atoms with E-state index in [9.17, 15) is 9.90 Å². The van der Waals surface area contributed by atoms with Gasteiger partial charge in [0.1, 0.15) is 0 Å². The molecule has 0 spiro atoms. The van der Waals surface area contributed by atoms with E-state index >= 15 is 0 Å². The van der Waals surface area contributed by atoms with Crippen molar-refractivity contribution in [2.45, 2.75) is 31.9 Å². The lowest BCUT2D eigenvalue weighted by molar-refractivity contribution is 0.113. The largest absolute Gasteiger partial charge is 0.390 e. The van der Waals surface area contributed by atoms with Crippen molar-refractivity contribution < 1.29 is 9.90 Å². The average molecular weight is 404 g/mol. The van der Waals surface area contributed by atoms with Crippen molar-refractivity contribution in [2.24, 2.45) is 0 Å². The highest BCUT2D eigenvalue weighted by Gasteiger charge is 2.27. The van der Waals surface area contributed by atoms with Crippen LogP contribution in [0.3, 0.4) is 0 Å². The van der Waals surface area contributed by atoms with Crippen LogP contribution in [0.4, 0.5) is 4.79 Å². The van der Waals surface area contributed by atoms with Gasteiger partial charge >= 0.3 is 6.03 Å². The lowest BCUT2D eigenvalue weighted by Gasteiger charge is -2.31. The summed E-state index contributed by atoms with van der Waals surface area (Å²) in [5.41, 5.74) is 8.40. The number of β-amino-alcohol motifs (C(OH)–C–C–N with tert-alkyl or cyclic N) is 1. The number of carbonyl (C=O) groups excluding carboxylic acids is 1. The van der Waals surface area contributed by atoms with Crippen LogP contribution in [0.1, 0.15) is 28.7 Å². The summed E-state index contributed by atoms with van der Waals surface area (Å²) in [7, 11) is 0. The summed E-state index contributed by atoms with van der Waals surface area (Å²) in [5, 5.41) is 13.5. The number of carbonyl (C=O) groups is 1. The topological polar surface area (TPSA) is 55.8 Å². The predicted octanol–water partition coefficient (Wildman–Crippen LogP) is 2.83. The number of fused-ring (bicyclic) bond motifs is 3. The van der Waals surface area contributed by atoms with Gasteiger partial charge in [-0.05, 0) is 52.7 Å². The van der Waals surface area contributed by atoms with Gasteiger partial charge in [-0.3, -0.25) is 4.90 Å². The van der Waals surface area contributed by atoms with Gasteiger partial charge in [0.2, 0.25) is 0 Å². The number of aliphatic hydroxyl groups excluding tert-OH is 1. The molecule has 2 amide bonds. The second kappa shape index (κ2) is 8.25. The van der Waals surface area contributed by atoms with Gasteiger partial charge in [0.05, 0.1) is 6.10 Å². The van der Waals surface area contributed by atoms with E-state index in [1.165, 1.54) is 33.4 Å². The molecule has 0 aromatic heterocycles. The van der Waals surface area contributed by atoms with Gasteiger partial charge in [0, 0.05) is 39.3 Å². The molecule has 0 bridgehead atoms. The fourth-order valence-electron chi connectivity index (χ4n) is 5.08. The Kier molecular flexibility index (Phi) is 5.32. The smallest absolute Gasteiger partial charge is 0.317 e. The molecule has 2 aromatic carbocycles. The Morgan fingerprint density at radius 1 is 0.967 bits per heavy atom. The summed E-state index contributed by atoms with van der Waals surface area (Å²) in [4.78, 5) is 16.7. The molecule has 156 valence electrons.